The van der Waals surface area contributed by atoms with Gasteiger partial charge in [-0.05, 0) is 49.2 Å². The molecule has 0 unspecified atom stereocenters. The monoisotopic (exact) mass is 387 g/mol. The van der Waals surface area contributed by atoms with Crippen LogP contribution in [0.1, 0.15) is 42.4 Å². The number of rotatable bonds is 4. The van der Waals surface area contributed by atoms with Crippen molar-refractivity contribution in [2.45, 2.75) is 31.7 Å². The summed E-state index contributed by atoms with van der Waals surface area (Å²) < 4.78 is 2.20. The summed E-state index contributed by atoms with van der Waals surface area (Å²) in [7, 11) is 0. The minimum Gasteiger partial charge on any atom is -0.355 e. The van der Waals surface area contributed by atoms with Gasteiger partial charge in [-0.3, -0.25) is 9.78 Å². The van der Waals surface area contributed by atoms with Gasteiger partial charge in [-0.1, -0.05) is 19.4 Å². The number of hydrogen-bond donors (Lipinski definition) is 0. The molecular weight excluding hydrogens is 362 g/mol. The van der Waals surface area contributed by atoms with Gasteiger partial charge in [0.05, 0.1) is 11.4 Å². The average Bonchev–Trinajstić information content (AvgIpc) is 3.43. The third-order valence-corrected chi connectivity index (χ3v) is 6.18. The van der Waals surface area contributed by atoms with Gasteiger partial charge in [0.2, 0.25) is 0 Å². The highest BCUT2D eigenvalue weighted by Crippen LogP contribution is 2.47. The molecule has 3 aromatic heterocycles. The molecule has 0 N–H and O–H groups in total. The quantitative estimate of drug-likeness (QED) is 0.686. The molecule has 1 spiro atoms. The Morgan fingerprint density at radius 1 is 1.10 bits per heavy atom. The molecule has 2 aliphatic heterocycles. The van der Waals surface area contributed by atoms with Crippen LogP contribution in [0.15, 0.2) is 61.1 Å². The second-order valence-corrected chi connectivity index (χ2v) is 7.84. The molecule has 2 aliphatic rings. The van der Waals surface area contributed by atoms with Crippen molar-refractivity contribution in [2.24, 2.45) is 0 Å². The first kappa shape index (κ1) is 17.9. The number of pyridine rings is 2. The smallest absolute Gasteiger partial charge is 0.272 e. The number of nitrogens with zero attached hydrogens (tertiary/aromatic N) is 5. The van der Waals surface area contributed by atoms with Crippen molar-refractivity contribution in [1.82, 2.24) is 19.4 Å². The molecule has 0 aliphatic carbocycles. The third-order valence-electron chi connectivity index (χ3n) is 6.18. The van der Waals surface area contributed by atoms with E-state index in [1.165, 1.54) is 5.69 Å². The highest BCUT2D eigenvalue weighted by molar-refractivity contribution is 5.92. The zero-order valence-electron chi connectivity index (χ0n) is 16.7. The van der Waals surface area contributed by atoms with Crippen LogP contribution >= 0.6 is 0 Å². The fourth-order valence-corrected chi connectivity index (χ4v) is 4.80. The van der Waals surface area contributed by atoms with E-state index >= 15 is 0 Å². The van der Waals surface area contributed by atoms with Crippen LogP contribution in [0.25, 0.3) is 5.82 Å². The molecule has 5 rings (SSSR count). The van der Waals surface area contributed by atoms with Crippen molar-refractivity contribution < 1.29 is 4.79 Å². The number of unbranched alkanes of at least 4 members (excludes halogenated alkanes) is 1. The van der Waals surface area contributed by atoms with Gasteiger partial charge < -0.3 is 14.4 Å². The maximum absolute atomic E-state index is 13.1. The van der Waals surface area contributed by atoms with E-state index in [1.54, 1.807) is 12.3 Å². The highest BCUT2D eigenvalue weighted by atomic mass is 16.2. The molecule has 0 radical (unpaired) electrons. The SMILES string of the molecule is CCCCN1c2cccnc2-n2cccc2[C@@]12CCN(C(=O)c1ccccn1)C2. The third kappa shape index (κ3) is 2.74. The van der Waals surface area contributed by atoms with E-state index in [9.17, 15) is 4.79 Å². The van der Waals surface area contributed by atoms with Crippen molar-refractivity contribution in [2.75, 3.05) is 24.5 Å². The first-order valence-electron chi connectivity index (χ1n) is 10.4. The van der Waals surface area contributed by atoms with Crippen molar-refractivity contribution in [3.8, 4) is 5.82 Å². The predicted molar refractivity (Wildman–Crippen MR) is 112 cm³/mol. The van der Waals surface area contributed by atoms with Crippen LogP contribution in [0.2, 0.25) is 0 Å². The Balaban J connectivity index is 1.57. The van der Waals surface area contributed by atoms with Crippen LogP contribution in [0.4, 0.5) is 5.69 Å². The largest absolute Gasteiger partial charge is 0.355 e. The van der Waals surface area contributed by atoms with Gasteiger partial charge in [0.15, 0.2) is 5.82 Å². The van der Waals surface area contributed by atoms with Gasteiger partial charge in [0.1, 0.15) is 11.2 Å². The second kappa shape index (κ2) is 7.03. The van der Waals surface area contributed by atoms with Gasteiger partial charge in [0, 0.05) is 38.2 Å². The van der Waals surface area contributed by atoms with E-state index in [2.05, 4.69) is 50.8 Å². The first-order chi connectivity index (χ1) is 14.2. The maximum Gasteiger partial charge on any atom is 0.272 e. The van der Waals surface area contributed by atoms with Crippen molar-refractivity contribution in [3.05, 3.63) is 72.4 Å². The Bertz CT molecular complexity index is 1030. The van der Waals surface area contributed by atoms with Gasteiger partial charge in [-0.2, -0.15) is 0 Å². The average molecular weight is 387 g/mol. The molecule has 0 bridgehead atoms. The molecule has 3 aromatic rings. The lowest BCUT2D eigenvalue weighted by atomic mass is 9.88. The number of amides is 1. The molecule has 6 heteroatoms. The zero-order valence-corrected chi connectivity index (χ0v) is 16.7. The Hall–Kier alpha value is -3.15. The maximum atomic E-state index is 13.1. The minimum atomic E-state index is -0.237. The van der Waals surface area contributed by atoms with Gasteiger partial charge >= 0.3 is 0 Å². The lowest BCUT2D eigenvalue weighted by molar-refractivity contribution is 0.0776. The summed E-state index contributed by atoms with van der Waals surface area (Å²) in [6, 6.07) is 13.9. The number of aromatic nitrogens is 3. The van der Waals surface area contributed by atoms with Crippen LogP contribution in [0.3, 0.4) is 0 Å². The molecule has 0 saturated carbocycles. The number of carbonyl (C=O) groups is 1. The van der Waals surface area contributed by atoms with Crippen LogP contribution < -0.4 is 4.90 Å². The van der Waals surface area contributed by atoms with E-state index in [4.69, 9.17) is 0 Å². The molecule has 6 nitrogen and oxygen atoms in total. The van der Waals surface area contributed by atoms with E-state index in [1.807, 2.05) is 29.3 Å². The summed E-state index contributed by atoms with van der Waals surface area (Å²) in [5.41, 5.74) is 2.64. The molecule has 1 amide bonds. The van der Waals surface area contributed by atoms with E-state index in [0.29, 0.717) is 12.2 Å². The molecule has 1 fully saturated rings. The molecule has 29 heavy (non-hydrogen) atoms. The summed E-state index contributed by atoms with van der Waals surface area (Å²) in [6.07, 6.45) is 8.74. The molecule has 1 saturated heterocycles. The van der Waals surface area contributed by atoms with Gasteiger partial charge in [0.25, 0.3) is 5.91 Å². The Kier molecular flexibility index (Phi) is 4.34. The van der Waals surface area contributed by atoms with Gasteiger partial charge in [-0.15, -0.1) is 0 Å². The molecule has 0 aromatic carbocycles. The Labute approximate surface area is 170 Å². The van der Waals surface area contributed by atoms with Crippen molar-refractivity contribution in [3.63, 3.8) is 0 Å². The molecule has 148 valence electrons. The van der Waals surface area contributed by atoms with E-state index < -0.39 is 0 Å². The summed E-state index contributed by atoms with van der Waals surface area (Å²) in [5.74, 6) is 0.983. The zero-order chi connectivity index (χ0) is 19.8. The first-order valence-corrected chi connectivity index (χ1v) is 10.4. The van der Waals surface area contributed by atoms with Crippen LogP contribution in [-0.2, 0) is 5.54 Å². The summed E-state index contributed by atoms with van der Waals surface area (Å²) in [6.45, 7) is 4.55. The fraction of sp³-hybridized carbons (Fsp3) is 0.348. The molecule has 5 heterocycles. The number of likely N-dealkylation sites (tertiary alicyclic amines) is 1. The van der Waals surface area contributed by atoms with E-state index in [-0.39, 0.29) is 11.4 Å². The standard InChI is InChI=1S/C23H25N5O/c1-2-3-15-28-19-9-6-13-25-21(19)27-14-7-10-20(27)23(28)11-16-26(17-23)22(29)18-8-4-5-12-24-18/h4-10,12-14H,2-3,11,15-17H2,1H3/t23-/m0/s1. The van der Waals surface area contributed by atoms with Crippen LogP contribution in [0.5, 0.6) is 0 Å². The Morgan fingerprint density at radius 3 is 2.83 bits per heavy atom. The lowest BCUT2D eigenvalue weighted by Gasteiger charge is -2.47. The van der Waals surface area contributed by atoms with E-state index in [0.717, 1.165) is 43.9 Å². The number of fused-ring (bicyclic) bond motifs is 4. The fourth-order valence-electron chi connectivity index (χ4n) is 4.80. The number of carbonyl (C=O) groups excluding carboxylic acids is 1. The van der Waals surface area contributed by atoms with Gasteiger partial charge in [-0.25, -0.2) is 4.98 Å². The molecular formula is C23H25N5O. The van der Waals surface area contributed by atoms with Crippen LogP contribution in [-0.4, -0.2) is 45.0 Å². The Morgan fingerprint density at radius 2 is 2.00 bits per heavy atom. The van der Waals surface area contributed by atoms with Crippen molar-refractivity contribution in [1.29, 1.82) is 0 Å². The minimum absolute atomic E-state index is 0.00741. The lowest BCUT2D eigenvalue weighted by Crippen LogP contribution is -2.53. The number of anilines is 1. The highest BCUT2D eigenvalue weighted by Gasteiger charge is 2.50. The summed E-state index contributed by atoms with van der Waals surface area (Å²) >= 11 is 0. The summed E-state index contributed by atoms with van der Waals surface area (Å²) in [4.78, 5) is 26.5. The number of hydrogen-bond acceptors (Lipinski definition) is 4. The van der Waals surface area contributed by atoms with Crippen molar-refractivity contribution >= 4 is 11.6 Å². The van der Waals surface area contributed by atoms with Crippen LogP contribution in [0, 0.1) is 0 Å². The molecule has 1 atom stereocenters. The normalized spacial score (nSPS) is 20.0. The summed E-state index contributed by atoms with van der Waals surface area (Å²) in [5, 5.41) is 0. The predicted octanol–water partition coefficient (Wildman–Crippen LogP) is 3.63. The topological polar surface area (TPSA) is 54.3 Å². The second-order valence-electron chi connectivity index (χ2n) is 7.84.